The summed E-state index contributed by atoms with van der Waals surface area (Å²) in [6, 6.07) is 10.6. The average molecular weight is 712 g/mol. The number of hydrogen-bond acceptors (Lipinski definition) is 5. The average Bonchev–Trinajstić information content (AvgIpc) is 3.76. The second-order valence-corrected chi connectivity index (χ2v) is 12.6. The fourth-order valence-corrected chi connectivity index (χ4v) is 5.85. The number of benzene rings is 2. The number of hydrogen-bond donors (Lipinski definition) is 1. The zero-order chi connectivity index (χ0) is 31.1. The number of pyridine rings is 2. The topological polar surface area (TPSA) is 101 Å². The van der Waals surface area contributed by atoms with Gasteiger partial charge >= 0.3 is 51.4 Å². The molecule has 2 aliphatic rings. The van der Waals surface area contributed by atoms with Gasteiger partial charge in [-0.3, -0.25) is 4.79 Å². The first-order valence-corrected chi connectivity index (χ1v) is 15.0. The predicted octanol–water partition coefficient (Wildman–Crippen LogP) is 5.28. The molecule has 3 heterocycles. The Labute approximate surface area is 311 Å². The zero-order valence-electron chi connectivity index (χ0n) is 25.2. The zero-order valence-corrected chi connectivity index (χ0v) is 30.6. The van der Waals surface area contributed by atoms with Gasteiger partial charge in [-0.25, -0.2) is 18.7 Å². The maximum atomic E-state index is 15.2. The minimum atomic E-state index is -0.840. The van der Waals surface area contributed by atoms with Crippen molar-refractivity contribution in [1.29, 1.82) is 0 Å². The van der Waals surface area contributed by atoms with Crippen LogP contribution in [-0.4, -0.2) is 36.6 Å². The second kappa shape index (κ2) is 14.3. The number of methoxy groups -OCH3 is 1. The molecule has 0 spiro atoms. The van der Waals surface area contributed by atoms with Gasteiger partial charge in [0.1, 0.15) is 33.5 Å². The molecule has 2 aromatic carbocycles. The Morgan fingerprint density at radius 2 is 1.93 bits per heavy atom. The molecule has 1 unspecified atom stereocenters. The van der Waals surface area contributed by atoms with Gasteiger partial charge in [0.15, 0.2) is 5.82 Å². The number of primary amides is 1. The van der Waals surface area contributed by atoms with Crippen molar-refractivity contribution in [2.45, 2.75) is 44.9 Å². The van der Waals surface area contributed by atoms with E-state index in [1.165, 1.54) is 6.07 Å². The monoisotopic (exact) mass is 710 g/mol. The van der Waals surface area contributed by atoms with E-state index in [4.69, 9.17) is 36.2 Å². The summed E-state index contributed by atoms with van der Waals surface area (Å²) in [4.78, 5) is 18.2. The summed E-state index contributed by atoms with van der Waals surface area (Å²) in [5.41, 5.74) is 8.58. The van der Waals surface area contributed by atoms with Crippen molar-refractivity contribution in [1.82, 2.24) is 9.97 Å². The van der Waals surface area contributed by atoms with Crippen LogP contribution in [0.3, 0.4) is 0 Å². The largest absolute Gasteiger partial charge is 1.00 e. The maximum absolute atomic E-state index is 15.2. The molecule has 12 heteroatoms. The number of aromatic nitrogens is 2. The molecule has 4 aromatic rings. The number of amides is 1. The van der Waals surface area contributed by atoms with E-state index in [1.807, 2.05) is 25.1 Å². The molecule has 1 amide bonds. The molecule has 6 rings (SSSR count). The van der Waals surface area contributed by atoms with Crippen LogP contribution in [0.15, 0.2) is 40.9 Å². The number of rotatable bonds is 7. The first-order chi connectivity index (χ1) is 20.5. The van der Waals surface area contributed by atoms with Gasteiger partial charge in [-0.2, -0.15) is 0 Å². The molecule has 2 aromatic heterocycles. The molecule has 1 aliphatic carbocycles. The summed E-state index contributed by atoms with van der Waals surface area (Å²) in [6.45, 7) is 7.06. The minimum Gasteiger partial charge on any atom is -0.684 e. The Balaban J connectivity index is 0.00000106. The van der Waals surface area contributed by atoms with E-state index in [0.29, 0.717) is 36.3 Å². The minimum absolute atomic E-state index is 0. The summed E-state index contributed by atoms with van der Waals surface area (Å²) in [5, 5.41) is 5.37. The standard InChI is InChI=1S/C31H28BrClF2N3O2.CH3NO.K/c1-15-22(32)10-17-9-18(11-25(39-4)28(17)37-15)36-13-20(16-5-6-16)24-12-21-30(40-14-31(21,2)3)29(38-24)19-7-8-23(34)26(33)27(19)35;2-1-3;/h7-12,16,20H,5-6,13-14H2,1-4H3;1H,(H2,2,3);/q-1;;+1. The molecular formula is C32H31BrClF2KN4O3. The van der Waals surface area contributed by atoms with Gasteiger partial charge < -0.3 is 20.5 Å². The number of carbonyl (C=O) groups excluding carboxylic acids is 1. The van der Waals surface area contributed by atoms with Crippen molar-refractivity contribution in [3.63, 3.8) is 0 Å². The third kappa shape index (κ3) is 7.09. The van der Waals surface area contributed by atoms with Gasteiger partial charge in [-0.05, 0) is 77.9 Å². The Bertz CT molecular complexity index is 1720. The molecule has 1 atom stereocenters. The molecule has 0 radical (unpaired) electrons. The van der Waals surface area contributed by atoms with E-state index in [2.05, 4.69) is 46.6 Å². The van der Waals surface area contributed by atoms with Crippen LogP contribution in [0.2, 0.25) is 5.02 Å². The predicted molar refractivity (Wildman–Crippen MR) is 167 cm³/mol. The van der Waals surface area contributed by atoms with Crippen LogP contribution in [0.5, 0.6) is 11.5 Å². The van der Waals surface area contributed by atoms with Crippen molar-refractivity contribution in [3.05, 3.63) is 79.8 Å². The molecule has 226 valence electrons. The second-order valence-electron chi connectivity index (χ2n) is 11.4. The quantitative estimate of drug-likeness (QED) is 0.160. The fraction of sp³-hybridized carbons (Fsp3) is 0.344. The normalized spacial score (nSPS) is 15.3. The van der Waals surface area contributed by atoms with Crippen LogP contribution < -0.4 is 66.6 Å². The summed E-state index contributed by atoms with van der Waals surface area (Å²) < 4.78 is 41.8. The fourth-order valence-electron chi connectivity index (χ4n) is 5.35. The van der Waals surface area contributed by atoms with Crippen LogP contribution in [0.1, 0.15) is 49.6 Å². The van der Waals surface area contributed by atoms with E-state index < -0.39 is 16.7 Å². The molecular weight excluding hydrogens is 681 g/mol. The smallest absolute Gasteiger partial charge is 0.684 e. The number of nitrogens with zero attached hydrogens (tertiary/aromatic N) is 3. The molecule has 44 heavy (non-hydrogen) atoms. The number of fused-ring (bicyclic) bond motifs is 2. The van der Waals surface area contributed by atoms with Gasteiger partial charge in [0.25, 0.3) is 0 Å². The summed E-state index contributed by atoms with van der Waals surface area (Å²) in [7, 11) is 1.63. The van der Waals surface area contributed by atoms with E-state index in [0.717, 1.165) is 56.9 Å². The van der Waals surface area contributed by atoms with Crippen LogP contribution in [0.25, 0.3) is 27.5 Å². The van der Waals surface area contributed by atoms with Crippen LogP contribution in [-0.2, 0) is 10.2 Å². The van der Waals surface area contributed by atoms with Crippen molar-refractivity contribution in [2.75, 3.05) is 20.3 Å². The van der Waals surface area contributed by atoms with Gasteiger partial charge in [0, 0.05) is 32.1 Å². The Hall–Kier alpha value is -1.86. The van der Waals surface area contributed by atoms with Crippen LogP contribution in [0.4, 0.5) is 14.5 Å². The molecule has 0 bridgehead atoms. The molecule has 1 saturated carbocycles. The number of halogens is 4. The van der Waals surface area contributed by atoms with Gasteiger partial charge in [-0.1, -0.05) is 31.5 Å². The number of ether oxygens (including phenoxy) is 2. The van der Waals surface area contributed by atoms with Gasteiger partial charge in [0.2, 0.25) is 6.41 Å². The molecule has 1 aliphatic heterocycles. The number of nitrogens with two attached hydrogens (primary N) is 1. The molecule has 2 N–H and O–H groups in total. The van der Waals surface area contributed by atoms with Crippen molar-refractivity contribution >= 4 is 50.5 Å². The molecule has 7 nitrogen and oxygen atoms in total. The summed E-state index contributed by atoms with van der Waals surface area (Å²) in [6.07, 6.45) is 2.39. The number of aryl methyl sites for hydroxylation is 1. The van der Waals surface area contributed by atoms with E-state index >= 15 is 4.39 Å². The third-order valence-corrected chi connectivity index (χ3v) is 9.00. The van der Waals surface area contributed by atoms with Crippen molar-refractivity contribution < 1.29 is 74.4 Å². The maximum Gasteiger partial charge on any atom is 1.00 e. The number of carbonyl (C=O) groups is 1. The summed E-state index contributed by atoms with van der Waals surface area (Å²) in [5.74, 6) is -0.0357. The van der Waals surface area contributed by atoms with Gasteiger partial charge in [0.05, 0.1) is 19.4 Å². The first kappa shape index (κ1) is 35.0. The van der Waals surface area contributed by atoms with E-state index in [9.17, 15) is 4.39 Å². The van der Waals surface area contributed by atoms with Crippen LogP contribution in [0, 0.1) is 24.5 Å². The Morgan fingerprint density at radius 1 is 1.23 bits per heavy atom. The Morgan fingerprint density at radius 3 is 2.59 bits per heavy atom. The SMILES string of the molecule is COc1cc([N-]CC(c2cc3c(c(-c4ccc(F)c(Cl)c4F)n2)OCC3(C)C)C2CC2)cc2cc(Br)c(C)nc12.NC=O.[K+]. The summed E-state index contributed by atoms with van der Waals surface area (Å²) >= 11 is 9.53. The first-order valence-electron chi connectivity index (χ1n) is 13.8. The molecule has 1 fully saturated rings. The Kier molecular flexibility index (Phi) is 11.4. The van der Waals surface area contributed by atoms with Gasteiger partial charge in [-0.15, -0.1) is 12.2 Å². The van der Waals surface area contributed by atoms with Crippen molar-refractivity contribution in [2.24, 2.45) is 11.7 Å². The van der Waals surface area contributed by atoms with Crippen LogP contribution >= 0.6 is 27.5 Å². The molecule has 0 saturated heterocycles. The van der Waals surface area contributed by atoms with E-state index in [-0.39, 0.29) is 74.7 Å². The van der Waals surface area contributed by atoms with Crippen molar-refractivity contribution in [3.8, 4) is 22.8 Å². The van der Waals surface area contributed by atoms with E-state index in [1.54, 1.807) is 7.11 Å². The third-order valence-electron chi connectivity index (χ3n) is 7.85.